The molecule has 1 aliphatic heterocycles. The van der Waals surface area contributed by atoms with Gasteiger partial charge < -0.3 is 14.6 Å². The van der Waals surface area contributed by atoms with E-state index in [1.807, 2.05) is 43.3 Å². The van der Waals surface area contributed by atoms with Crippen LogP contribution in [0.3, 0.4) is 0 Å². The summed E-state index contributed by atoms with van der Waals surface area (Å²) in [5.74, 6) is 0.186. The molecular weight excluding hydrogens is 513 g/mol. The van der Waals surface area contributed by atoms with E-state index in [-0.39, 0.29) is 29.2 Å². The summed E-state index contributed by atoms with van der Waals surface area (Å²) in [7, 11) is -3.88. The van der Waals surface area contributed by atoms with Gasteiger partial charge in [-0.25, -0.2) is 12.8 Å². The molecule has 5 rings (SSSR count). The van der Waals surface area contributed by atoms with E-state index >= 15 is 0 Å². The highest BCUT2D eigenvalue weighted by Crippen LogP contribution is 2.47. The smallest absolute Gasteiger partial charge is 0.256 e. The summed E-state index contributed by atoms with van der Waals surface area (Å²) in [5, 5.41) is 3.57. The summed E-state index contributed by atoms with van der Waals surface area (Å²) in [6.07, 6.45) is 1.65. The quantitative estimate of drug-likeness (QED) is 0.366. The van der Waals surface area contributed by atoms with Gasteiger partial charge in [0.1, 0.15) is 21.3 Å². The lowest BCUT2D eigenvalue weighted by Crippen LogP contribution is -2.35. The lowest BCUT2D eigenvalue weighted by atomic mass is 10.1. The first-order valence-corrected chi connectivity index (χ1v) is 14.8. The van der Waals surface area contributed by atoms with Crippen molar-refractivity contribution in [1.82, 2.24) is 4.57 Å². The van der Waals surface area contributed by atoms with Crippen LogP contribution in [0, 0.1) is 12.7 Å². The molecule has 2 N–H and O–H groups in total. The van der Waals surface area contributed by atoms with E-state index in [0.717, 1.165) is 11.1 Å². The van der Waals surface area contributed by atoms with Gasteiger partial charge in [-0.1, -0.05) is 43.3 Å². The predicted molar refractivity (Wildman–Crippen MR) is 146 cm³/mol. The fourth-order valence-electron chi connectivity index (χ4n) is 4.49. The number of nitrogens with zero attached hydrogens (tertiary/aromatic N) is 1. The first kappa shape index (κ1) is 25.8. The van der Waals surface area contributed by atoms with E-state index in [4.69, 9.17) is 4.74 Å². The molecule has 0 unspecified atom stereocenters. The molecule has 3 aromatic rings. The minimum atomic E-state index is -3.88. The zero-order valence-electron chi connectivity index (χ0n) is 20.8. The zero-order valence-corrected chi connectivity index (χ0v) is 22.5. The lowest BCUT2D eigenvalue weighted by Gasteiger charge is -2.23. The van der Waals surface area contributed by atoms with Crippen molar-refractivity contribution >= 4 is 38.8 Å². The van der Waals surface area contributed by atoms with Crippen molar-refractivity contribution in [2.24, 2.45) is 0 Å². The summed E-state index contributed by atoms with van der Waals surface area (Å²) >= 11 is 1.41. The maximum atomic E-state index is 14.9. The molecule has 0 radical (unpaired) electrons. The SMILES string of the molecule is CCc1ccc(Nc2c(NS(=O)(=O)C3(COCc4ccccc4)CC3)c3n(c(=O)c2C)CCS3)c(F)c1. The van der Waals surface area contributed by atoms with Gasteiger partial charge in [-0.3, -0.25) is 9.52 Å². The number of rotatable bonds is 10. The third kappa shape index (κ3) is 5.02. The third-order valence-electron chi connectivity index (χ3n) is 7.00. The maximum Gasteiger partial charge on any atom is 0.256 e. The van der Waals surface area contributed by atoms with Gasteiger partial charge in [0.15, 0.2) is 0 Å². The molecule has 2 aromatic carbocycles. The summed E-state index contributed by atoms with van der Waals surface area (Å²) in [5.41, 5.74) is 2.66. The van der Waals surface area contributed by atoms with E-state index < -0.39 is 20.6 Å². The molecule has 7 nitrogen and oxygen atoms in total. The number of nitrogens with one attached hydrogen (secondary N) is 2. The lowest BCUT2D eigenvalue weighted by molar-refractivity contribution is 0.116. The van der Waals surface area contributed by atoms with Crippen molar-refractivity contribution in [3.8, 4) is 0 Å². The second-order valence-electron chi connectivity index (χ2n) is 9.55. The molecule has 0 spiro atoms. The number of pyridine rings is 1. The van der Waals surface area contributed by atoms with E-state index in [1.165, 1.54) is 17.8 Å². The monoisotopic (exact) mass is 543 g/mol. The number of aryl methyl sites for hydroxylation is 1. The summed E-state index contributed by atoms with van der Waals surface area (Å²) in [6.45, 7) is 4.44. The number of ether oxygens (including phenoxy) is 1. The van der Waals surface area contributed by atoms with Crippen molar-refractivity contribution in [2.45, 2.75) is 56.0 Å². The van der Waals surface area contributed by atoms with Crippen LogP contribution in [-0.4, -0.2) is 30.1 Å². The van der Waals surface area contributed by atoms with Gasteiger partial charge in [-0.2, -0.15) is 0 Å². The molecule has 0 amide bonds. The van der Waals surface area contributed by atoms with Gasteiger partial charge in [0.05, 0.1) is 24.6 Å². The Bertz CT molecular complexity index is 1490. The number of fused-ring (bicyclic) bond motifs is 1. The Morgan fingerprint density at radius 2 is 1.86 bits per heavy atom. The number of hydrogen-bond acceptors (Lipinski definition) is 6. The van der Waals surface area contributed by atoms with Crippen molar-refractivity contribution in [3.05, 3.63) is 81.4 Å². The van der Waals surface area contributed by atoms with E-state index in [9.17, 15) is 17.6 Å². The number of anilines is 3. The molecule has 1 aromatic heterocycles. The Morgan fingerprint density at radius 1 is 1.11 bits per heavy atom. The molecule has 196 valence electrons. The molecule has 1 aliphatic carbocycles. The van der Waals surface area contributed by atoms with Gasteiger partial charge in [0.2, 0.25) is 10.0 Å². The van der Waals surface area contributed by atoms with E-state index in [1.54, 1.807) is 17.6 Å². The van der Waals surface area contributed by atoms with Crippen molar-refractivity contribution in [1.29, 1.82) is 0 Å². The minimum absolute atomic E-state index is 0.0637. The van der Waals surface area contributed by atoms with Gasteiger partial charge in [0.25, 0.3) is 5.56 Å². The molecule has 2 aliphatic rings. The highest BCUT2D eigenvalue weighted by atomic mass is 32.2. The van der Waals surface area contributed by atoms with Gasteiger partial charge in [-0.05, 0) is 49.4 Å². The topological polar surface area (TPSA) is 89.4 Å². The van der Waals surface area contributed by atoms with Gasteiger partial charge in [0, 0.05) is 17.9 Å². The summed E-state index contributed by atoms with van der Waals surface area (Å²) < 4.78 is 51.4. The van der Waals surface area contributed by atoms with Crippen LogP contribution < -0.4 is 15.6 Å². The largest absolute Gasteiger partial charge is 0.375 e. The summed E-state index contributed by atoms with van der Waals surface area (Å²) in [4.78, 5) is 13.1. The average Bonchev–Trinajstić information content (AvgIpc) is 3.53. The second-order valence-corrected chi connectivity index (χ2v) is 12.7. The van der Waals surface area contributed by atoms with E-state index in [2.05, 4.69) is 10.0 Å². The van der Waals surface area contributed by atoms with Crippen LogP contribution in [0.4, 0.5) is 21.5 Å². The number of benzene rings is 2. The molecule has 37 heavy (non-hydrogen) atoms. The molecule has 10 heteroatoms. The molecular formula is C27H30FN3O4S2. The Hall–Kier alpha value is -2.82. The fourth-order valence-corrected chi connectivity index (χ4v) is 7.21. The number of halogens is 1. The summed E-state index contributed by atoms with van der Waals surface area (Å²) in [6, 6.07) is 14.5. The highest BCUT2D eigenvalue weighted by Gasteiger charge is 2.55. The Labute approximate surface area is 220 Å². The van der Waals surface area contributed by atoms with Gasteiger partial charge >= 0.3 is 0 Å². The van der Waals surface area contributed by atoms with Crippen molar-refractivity contribution in [3.63, 3.8) is 0 Å². The van der Waals surface area contributed by atoms with Crippen LogP contribution in [0.15, 0.2) is 58.4 Å². The molecule has 1 fully saturated rings. The van der Waals surface area contributed by atoms with Crippen LogP contribution in [-0.2, 0) is 34.3 Å². The fraction of sp³-hybridized carbons (Fsp3) is 0.370. The average molecular weight is 544 g/mol. The second kappa shape index (κ2) is 10.2. The molecule has 2 heterocycles. The zero-order chi connectivity index (χ0) is 26.2. The Balaban J connectivity index is 1.46. The predicted octanol–water partition coefficient (Wildman–Crippen LogP) is 5.20. The minimum Gasteiger partial charge on any atom is -0.375 e. The van der Waals surface area contributed by atoms with Crippen molar-refractivity contribution < 1.29 is 17.5 Å². The number of sulfonamides is 1. The highest BCUT2D eigenvalue weighted by molar-refractivity contribution is 7.99. The van der Waals surface area contributed by atoms with E-state index in [0.29, 0.717) is 48.8 Å². The first-order valence-electron chi connectivity index (χ1n) is 12.3. The normalized spacial score (nSPS) is 15.9. The van der Waals surface area contributed by atoms with Crippen LogP contribution in [0.2, 0.25) is 0 Å². The molecule has 1 saturated carbocycles. The van der Waals surface area contributed by atoms with Crippen LogP contribution in [0.25, 0.3) is 0 Å². The van der Waals surface area contributed by atoms with Crippen LogP contribution in [0.1, 0.15) is 36.5 Å². The number of thioether (sulfide) groups is 1. The molecule has 0 atom stereocenters. The van der Waals surface area contributed by atoms with Crippen molar-refractivity contribution in [2.75, 3.05) is 22.4 Å². The number of hydrogen-bond donors (Lipinski definition) is 2. The van der Waals surface area contributed by atoms with Crippen LogP contribution in [0.5, 0.6) is 0 Å². The van der Waals surface area contributed by atoms with Crippen LogP contribution >= 0.6 is 11.8 Å². The molecule has 0 saturated heterocycles. The maximum absolute atomic E-state index is 14.9. The number of aromatic nitrogens is 1. The standard InChI is InChI=1S/C27H30FN3O4S2/c1-3-19-9-10-22(21(28)15-19)29-23-18(2)25(32)31-13-14-36-26(31)24(23)30-37(33,34)27(11-12-27)17-35-16-20-7-5-4-6-8-20/h4-10,15,29-30H,3,11-14,16-17H2,1-2H3. The first-order chi connectivity index (χ1) is 17.7. The molecule has 0 bridgehead atoms. The Kier molecular flexibility index (Phi) is 7.08. The Morgan fingerprint density at radius 3 is 2.54 bits per heavy atom. The third-order valence-corrected chi connectivity index (χ3v) is 10.2. The van der Waals surface area contributed by atoms with Gasteiger partial charge in [-0.15, -0.1) is 11.8 Å².